The lowest BCUT2D eigenvalue weighted by molar-refractivity contribution is 0.0951. The molecule has 0 atom stereocenters. The topological polar surface area (TPSA) is 83.8 Å². The fourth-order valence-corrected chi connectivity index (χ4v) is 2.30. The summed E-state index contributed by atoms with van der Waals surface area (Å²) in [6.45, 7) is 0.409. The van der Waals surface area contributed by atoms with E-state index in [0.717, 1.165) is 16.5 Å². The zero-order chi connectivity index (χ0) is 14.8. The normalized spacial score (nSPS) is 10.2. The molecule has 0 unspecified atom stereocenters. The molecule has 1 heterocycles. The van der Waals surface area contributed by atoms with Crippen LogP contribution in [0.15, 0.2) is 42.5 Å². The first-order valence-electron chi connectivity index (χ1n) is 6.40. The maximum atomic E-state index is 12.0. The Kier molecular flexibility index (Phi) is 4.90. The number of hydrogen-bond acceptors (Lipinski definition) is 3. The smallest absolute Gasteiger partial charge is 0.251 e. The Morgan fingerprint density at radius 1 is 1.27 bits per heavy atom. The maximum absolute atomic E-state index is 12.0. The highest BCUT2D eigenvalue weighted by Crippen LogP contribution is 2.19. The molecule has 0 fully saturated rings. The summed E-state index contributed by atoms with van der Waals surface area (Å²) in [5.41, 5.74) is 8.12. The monoisotopic (exact) mass is 336 g/mol. The summed E-state index contributed by atoms with van der Waals surface area (Å²) in [5.74, 6) is 0.283. The number of hydrogen-bond donors (Lipinski definition) is 3. The summed E-state index contributed by atoms with van der Waals surface area (Å²) in [6, 6.07) is 12.5. The number of rotatable bonds is 3. The van der Waals surface area contributed by atoms with Gasteiger partial charge in [-0.1, -0.05) is 23.7 Å². The molecule has 3 rings (SSSR count). The molecule has 3 aromatic rings. The highest BCUT2D eigenvalue weighted by atomic mass is 35.5. The van der Waals surface area contributed by atoms with Crippen LogP contribution in [0.25, 0.3) is 10.9 Å². The lowest BCUT2D eigenvalue weighted by atomic mass is 10.1. The number of aromatic nitrogens is 2. The second-order valence-corrected chi connectivity index (χ2v) is 5.12. The van der Waals surface area contributed by atoms with Crippen molar-refractivity contribution in [3.8, 4) is 0 Å². The first kappa shape index (κ1) is 16.1. The van der Waals surface area contributed by atoms with E-state index in [1.165, 1.54) is 0 Å². The van der Waals surface area contributed by atoms with E-state index >= 15 is 0 Å². The van der Waals surface area contributed by atoms with Gasteiger partial charge in [-0.15, -0.1) is 12.4 Å². The Bertz CT molecular complexity index is 816. The fraction of sp³-hybridized carbons (Fsp3) is 0.0667. The van der Waals surface area contributed by atoms with Gasteiger partial charge >= 0.3 is 0 Å². The number of halogens is 2. The van der Waals surface area contributed by atoms with E-state index in [4.69, 9.17) is 17.3 Å². The number of aromatic amines is 1. The van der Waals surface area contributed by atoms with Gasteiger partial charge in [0.25, 0.3) is 5.91 Å². The highest BCUT2D eigenvalue weighted by molar-refractivity contribution is 6.30. The van der Waals surface area contributed by atoms with Crippen LogP contribution in [0.5, 0.6) is 0 Å². The van der Waals surface area contributed by atoms with Gasteiger partial charge < -0.3 is 11.1 Å². The average Bonchev–Trinajstić information content (AvgIpc) is 2.86. The molecule has 7 heteroatoms. The van der Waals surface area contributed by atoms with Crippen LogP contribution in [0.1, 0.15) is 15.9 Å². The molecule has 0 saturated carbocycles. The van der Waals surface area contributed by atoms with Crippen molar-refractivity contribution < 1.29 is 4.79 Å². The first-order chi connectivity index (χ1) is 10.1. The highest BCUT2D eigenvalue weighted by Gasteiger charge is 2.07. The number of nitrogens with zero attached hydrogens (tertiary/aromatic N) is 1. The Morgan fingerprint density at radius 3 is 2.86 bits per heavy atom. The number of nitrogen functional groups attached to an aromatic ring is 1. The molecule has 0 bridgehead atoms. The summed E-state index contributed by atoms with van der Waals surface area (Å²) in [6.07, 6.45) is 0. The second kappa shape index (κ2) is 6.68. The number of H-pyrrole nitrogens is 1. The van der Waals surface area contributed by atoms with Crippen LogP contribution < -0.4 is 11.1 Å². The number of carbonyl (C=O) groups is 1. The van der Waals surface area contributed by atoms with E-state index in [-0.39, 0.29) is 18.3 Å². The third kappa shape index (κ3) is 3.32. The van der Waals surface area contributed by atoms with Crippen molar-refractivity contribution in [2.24, 2.45) is 0 Å². The van der Waals surface area contributed by atoms with Gasteiger partial charge in [-0.25, -0.2) is 0 Å². The standard InChI is InChI=1S/C15H13ClN4O.ClH/c16-11-3-1-2-10(7-11)15(21)18-8-9-4-5-13-12(6-9)14(17)20-19-13;/h1-7H,8H2,(H,18,21)(H3,17,19,20);1H. The number of fused-ring (bicyclic) bond motifs is 1. The van der Waals surface area contributed by atoms with Gasteiger partial charge in [0.2, 0.25) is 0 Å². The minimum Gasteiger partial charge on any atom is -0.382 e. The number of anilines is 1. The van der Waals surface area contributed by atoms with Crippen molar-refractivity contribution in [3.05, 3.63) is 58.6 Å². The zero-order valence-electron chi connectivity index (χ0n) is 11.5. The molecule has 0 aliphatic rings. The Labute approximate surface area is 138 Å². The van der Waals surface area contributed by atoms with E-state index in [0.29, 0.717) is 22.9 Å². The molecule has 114 valence electrons. The molecule has 0 aliphatic heterocycles. The van der Waals surface area contributed by atoms with Gasteiger partial charge in [-0.3, -0.25) is 9.89 Å². The fourth-order valence-electron chi connectivity index (χ4n) is 2.11. The Balaban J connectivity index is 0.00000176. The Morgan fingerprint density at radius 2 is 2.09 bits per heavy atom. The minimum atomic E-state index is -0.169. The van der Waals surface area contributed by atoms with Crippen LogP contribution in [-0.4, -0.2) is 16.1 Å². The molecule has 2 aromatic carbocycles. The second-order valence-electron chi connectivity index (χ2n) is 4.68. The summed E-state index contributed by atoms with van der Waals surface area (Å²) in [7, 11) is 0. The van der Waals surface area contributed by atoms with E-state index in [2.05, 4.69) is 15.5 Å². The lowest BCUT2D eigenvalue weighted by Crippen LogP contribution is -2.22. The third-order valence-corrected chi connectivity index (χ3v) is 3.43. The van der Waals surface area contributed by atoms with E-state index in [1.807, 2.05) is 18.2 Å². The molecule has 4 N–H and O–H groups in total. The zero-order valence-corrected chi connectivity index (χ0v) is 13.0. The van der Waals surface area contributed by atoms with Crippen LogP contribution in [0, 0.1) is 0 Å². The van der Waals surface area contributed by atoms with Crippen LogP contribution in [0.2, 0.25) is 5.02 Å². The quantitative estimate of drug-likeness (QED) is 0.686. The predicted octanol–water partition coefficient (Wildman–Crippen LogP) is 3.15. The molecule has 0 saturated heterocycles. The van der Waals surface area contributed by atoms with E-state index in [9.17, 15) is 4.79 Å². The number of nitrogens with two attached hydrogens (primary N) is 1. The third-order valence-electron chi connectivity index (χ3n) is 3.20. The minimum absolute atomic E-state index is 0. The SMILES string of the molecule is Cl.Nc1n[nH]c2ccc(CNC(=O)c3cccc(Cl)c3)cc12. The summed E-state index contributed by atoms with van der Waals surface area (Å²) < 4.78 is 0. The van der Waals surface area contributed by atoms with E-state index in [1.54, 1.807) is 24.3 Å². The number of benzene rings is 2. The van der Waals surface area contributed by atoms with Crippen molar-refractivity contribution in [2.75, 3.05) is 5.73 Å². The molecule has 0 radical (unpaired) electrons. The lowest BCUT2D eigenvalue weighted by Gasteiger charge is -2.06. The van der Waals surface area contributed by atoms with Crippen molar-refractivity contribution >= 4 is 46.6 Å². The number of nitrogens with one attached hydrogen (secondary N) is 2. The van der Waals surface area contributed by atoms with Crippen molar-refractivity contribution in [1.82, 2.24) is 15.5 Å². The van der Waals surface area contributed by atoms with Crippen molar-refractivity contribution in [3.63, 3.8) is 0 Å². The van der Waals surface area contributed by atoms with Crippen LogP contribution in [-0.2, 0) is 6.54 Å². The predicted molar refractivity (Wildman–Crippen MR) is 90.4 cm³/mol. The summed E-state index contributed by atoms with van der Waals surface area (Å²) >= 11 is 5.87. The Hall–Kier alpha value is -2.24. The molecule has 5 nitrogen and oxygen atoms in total. The van der Waals surface area contributed by atoms with Crippen LogP contribution in [0.4, 0.5) is 5.82 Å². The van der Waals surface area contributed by atoms with Crippen molar-refractivity contribution in [2.45, 2.75) is 6.54 Å². The van der Waals surface area contributed by atoms with Gasteiger partial charge in [0.15, 0.2) is 5.82 Å². The van der Waals surface area contributed by atoms with Crippen molar-refractivity contribution in [1.29, 1.82) is 0 Å². The molecular formula is C15H14Cl2N4O. The molecule has 1 amide bonds. The van der Waals surface area contributed by atoms with Gasteiger partial charge in [-0.05, 0) is 35.9 Å². The average molecular weight is 337 g/mol. The summed E-state index contributed by atoms with van der Waals surface area (Å²) in [5, 5.41) is 11.0. The summed E-state index contributed by atoms with van der Waals surface area (Å²) in [4.78, 5) is 12.0. The molecule has 22 heavy (non-hydrogen) atoms. The number of carbonyl (C=O) groups excluding carboxylic acids is 1. The van der Waals surface area contributed by atoms with Gasteiger partial charge in [0.1, 0.15) is 0 Å². The first-order valence-corrected chi connectivity index (χ1v) is 6.77. The number of amides is 1. The molecule has 0 spiro atoms. The molecule has 1 aromatic heterocycles. The van der Waals surface area contributed by atoms with Crippen LogP contribution >= 0.6 is 24.0 Å². The molecule has 0 aliphatic carbocycles. The van der Waals surface area contributed by atoms with E-state index < -0.39 is 0 Å². The van der Waals surface area contributed by atoms with Gasteiger partial charge in [0, 0.05) is 22.5 Å². The van der Waals surface area contributed by atoms with Gasteiger partial charge in [-0.2, -0.15) is 5.10 Å². The maximum Gasteiger partial charge on any atom is 0.251 e. The van der Waals surface area contributed by atoms with Crippen LogP contribution in [0.3, 0.4) is 0 Å². The van der Waals surface area contributed by atoms with Gasteiger partial charge in [0.05, 0.1) is 5.52 Å². The molecular weight excluding hydrogens is 323 g/mol. The largest absolute Gasteiger partial charge is 0.382 e.